The molecular formula is C16H26N2O2S. The highest BCUT2D eigenvalue weighted by atomic mass is 32.2. The molecule has 1 saturated heterocycles. The van der Waals surface area contributed by atoms with E-state index in [9.17, 15) is 8.42 Å². The quantitative estimate of drug-likeness (QED) is 0.929. The van der Waals surface area contributed by atoms with Crippen LogP contribution in [-0.2, 0) is 16.6 Å². The molecule has 0 bridgehead atoms. The SMILES string of the molecule is CNCc1cc(C)c(C)c(S(=O)(=O)N2CCC(C)CC2)c1. The van der Waals surface area contributed by atoms with Crippen molar-refractivity contribution in [3.8, 4) is 0 Å². The first kappa shape index (κ1) is 16.5. The van der Waals surface area contributed by atoms with Gasteiger partial charge in [-0.05, 0) is 62.4 Å². The molecule has 0 atom stereocenters. The van der Waals surface area contributed by atoms with Gasteiger partial charge < -0.3 is 5.32 Å². The molecule has 21 heavy (non-hydrogen) atoms. The van der Waals surface area contributed by atoms with E-state index in [0.717, 1.165) is 29.5 Å². The lowest BCUT2D eigenvalue weighted by Gasteiger charge is -2.30. The Morgan fingerprint density at radius 3 is 2.43 bits per heavy atom. The van der Waals surface area contributed by atoms with Crippen LogP contribution in [0.25, 0.3) is 0 Å². The lowest BCUT2D eigenvalue weighted by Crippen LogP contribution is -2.38. The van der Waals surface area contributed by atoms with Crippen molar-refractivity contribution in [3.05, 3.63) is 28.8 Å². The molecule has 4 nitrogen and oxygen atoms in total. The molecule has 0 aromatic heterocycles. The molecule has 0 saturated carbocycles. The zero-order chi connectivity index (χ0) is 15.6. The van der Waals surface area contributed by atoms with Gasteiger partial charge in [-0.3, -0.25) is 0 Å². The molecule has 1 aliphatic heterocycles. The molecule has 5 heteroatoms. The summed E-state index contributed by atoms with van der Waals surface area (Å²) in [6, 6.07) is 3.88. The van der Waals surface area contributed by atoms with Gasteiger partial charge in [-0.25, -0.2) is 8.42 Å². The van der Waals surface area contributed by atoms with E-state index >= 15 is 0 Å². The maximum absolute atomic E-state index is 12.9. The van der Waals surface area contributed by atoms with E-state index in [2.05, 4.69) is 18.3 Å². The fourth-order valence-corrected chi connectivity index (χ4v) is 4.66. The molecule has 0 radical (unpaired) electrons. The molecule has 1 heterocycles. The summed E-state index contributed by atoms with van der Waals surface area (Å²) >= 11 is 0. The van der Waals surface area contributed by atoms with Gasteiger partial charge in [0.05, 0.1) is 4.90 Å². The van der Waals surface area contributed by atoms with E-state index in [1.54, 1.807) is 4.31 Å². The molecule has 118 valence electrons. The number of rotatable bonds is 4. The summed E-state index contributed by atoms with van der Waals surface area (Å²) in [5.74, 6) is 0.620. The highest BCUT2D eigenvalue weighted by Gasteiger charge is 2.29. The van der Waals surface area contributed by atoms with E-state index in [4.69, 9.17) is 0 Å². The average molecular weight is 310 g/mol. The summed E-state index contributed by atoms with van der Waals surface area (Å²) < 4.78 is 27.5. The Kier molecular flexibility index (Phi) is 5.07. The predicted octanol–water partition coefficient (Wildman–Crippen LogP) is 2.44. The number of nitrogens with zero attached hydrogens (tertiary/aromatic N) is 1. The van der Waals surface area contributed by atoms with Crippen molar-refractivity contribution in [3.63, 3.8) is 0 Å². The van der Waals surface area contributed by atoms with E-state index in [1.807, 2.05) is 27.0 Å². The van der Waals surface area contributed by atoms with Gasteiger partial charge in [0, 0.05) is 19.6 Å². The summed E-state index contributed by atoms with van der Waals surface area (Å²) in [6.07, 6.45) is 1.90. The second-order valence-corrected chi connectivity index (χ2v) is 8.06. The van der Waals surface area contributed by atoms with Crippen molar-refractivity contribution in [1.82, 2.24) is 9.62 Å². The highest BCUT2D eigenvalue weighted by molar-refractivity contribution is 7.89. The van der Waals surface area contributed by atoms with E-state index in [1.165, 1.54) is 0 Å². The molecule has 0 aliphatic carbocycles. The summed E-state index contributed by atoms with van der Waals surface area (Å²) in [6.45, 7) is 8.02. The second kappa shape index (κ2) is 6.46. The Bertz CT molecular complexity index is 603. The Balaban J connectivity index is 2.39. The third-order valence-electron chi connectivity index (χ3n) is 4.42. The lowest BCUT2D eigenvalue weighted by atomic mass is 10.0. The van der Waals surface area contributed by atoms with Crippen LogP contribution in [0.3, 0.4) is 0 Å². The summed E-state index contributed by atoms with van der Waals surface area (Å²) in [5, 5.41) is 3.09. The molecule has 0 unspecified atom stereocenters. The standard InChI is InChI=1S/C16H26N2O2S/c1-12-5-7-18(8-6-12)21(19,20)16-10-15(11-17-4)9-13(2)14(16)3/h9-10,12,17H,5-8,11H2,1-4H3. The molecule has 0 spiro atoms. The zero-order valence-electron chi connectivity index (χ0n) is 13.4. The smallest absolute Gasteiger partial charge is 0.243 e. The molecule has 1 aromatic carbocycles. The van der Waals surface area contributed by atoms with E-state index in [0.29, 0.717) is 30.4 Å². The topological polar surface area (TPSA) is 49.4 Å². The average Bonchev–Trinajstić information content (AvgIpc) is 2.43. The second-order valence-electron chi connectivity index (χ2n) is 6.15. The minimum atomic E-state index is -3.37. The number of sulfonamides is 1. The zero-order valence-corrected chi connectivity index (χ0v) is 14.3. The van der Waals surface area contributed by atoms with Crippen LogP contribution in [0.5, 0.6) is 0 Å². The van der Waals surface area contributed by atoms with E-state index in [-0.39, 0.29) is 0 Å². The minimum Gasteiger partial charge on any atom is -0.316 e. The first-order chi connectivity index (χ1) is 9.86. The minimum absolute atomic E-state index is 0.474. The summed E-state index contributed by atoms with van der Waals surface area (Å²) in [5.41, 5.74) is 2.92. The largest absolute Gasteiger partial charge is 0.316 e. The van der Waals surface area contributed by atoms with Gasteiger partial charge in [-0.1, -0.05) is 13.0 Å². The van der Waals surface area contributed by atoms with Crippen molar-refractivity contribution >= 4 is 10.0 Å². The summed E-state index contributed by atoms with van der Waals surface area (Å²) in [7, 11) is -1.50. The highest BCUT2D eigenvalue weighted by Crippen LogP contribution is 2.27. The molecule has 1 aliphatic rings. The van der Waals surface area contributed by atoms with Crippen LogP contribution >= 0.6 is 0 Å². The third-order valence-corrected chi connectivity index (χ3v) is 6.45. The molecule has 2 rings (SSSR count). The van der Waals surface area contributed by atoms with Crippen LogP contribution in [0.1, 0.15) is 36.5 Å². The van der Waals surface area contributed by atoms with Gasteiger partial charge >= 0.3 is 0 Å². The first-order valence-corrected chi connectivity index (χ1v) is 9.05. The van der Waals surface area contributed by atoms with Crippen LogP contribution in [0, 0.1) is 19.8 Å². The Morgan fingerprint density at radius 1 is 1.24 bits per heavy atom. The van der Waals surface area contributed by atoms with Gasteiger partial charge in [0.25, 0.3) is 0 Å². The van der Waals surface area contributed by atoms with Crippen molar-refractivity contribution in [2.75, 3.05) is 20.1 Å². The van der Waals surface area contributed by atoms with Gasteiger partial charge in [0.2, 0.25) is 10.0 Å². The Hall–Kier alpha value is -0.910. The maximum atomic E-state index is 12.9. The van der Waals surface area contributed by atoms with Gasteiger partial charge in [-0.2, -0.15) is 4.31 Å². The van der Waals surface area contributed by atoms with E-state index < -0.39 is 10.0 Å². The van der Waals surface area contributed by atoms with Gasteiger partial charge in [0.15, 0.2) is 0 Å². The van der Waals surface area contributed by atoms with Crippen LogP contribution in [0.15, 0.2) is 17.0 Å². The first-order valence-electron chi connectivity index (χ1n) is 7.61. The molecule has 1 aromatic rings. The molecular weight excluding hydrogens is 284 g/mol. The number of piperidine rings is 1. The number of hydrogen-bond acceptors (Lipinski definition) is 3. The number of hydrogen-bond donors (Lipinski definition) is 1. The fraction of sp³-hybridized carbons (Fsp3) is 0.625. The van der Waals surface area contributed by atoms with Crippen LogP contribution in [0.2, 0.25) is 0 Å². The summed E-state index contributed by atoms with van der Waals surface area (Å²) in [4.78, 5) is 0.474. The number of nitrogens with one attached hydrogen (secondary N) is 1. The van der Waals surface area contributed by atoms with Crippen LogP contribution in [-0.4, -0.2) is 32.9 Å². The van der Waals surface area contributed by atoms with Crippen molar-refractivity contribution in [2.45, 2.75) is 45.1 Å². The number of aryl methyl sites for hydroxylation is 1. The van der Waals surface area contributed by atoms with Crippen molar-refractivity contribution in [2.24, 2.45) is 5.92 Å². The van der Waals surface area contributed by atoms with Gasteiger partial charge in [-0.15, -0.1) is 0 Å². The lowest BCUT2D eigenvalue weighted by molar-refractivity contribution is 0.288. The molecule has 1 fully saturated rings. The fourth-order valence-electron chi connectivity index (χ4n) is 2.84. The Morgan fingerprint density at radius 2 is 1.86 bits per heavy atom. The van der Waals surface area contributed by atoms with Crippen LogP contribution < -0.4 is 5.32 Å². The van der Waals surface area contributed by atoms with Crippen molar-refractivity contribution < 1.29 is 8.42 Å². The van der Waals surface area contributed by atoms with Crippen molar-refractivity contribution in [1.29, 1.82) is 0 Å². The molecule has 1 N–H and O–H groups in total. The monoisotopic (exact) mass is 310 g/mol. The normalized spacial score (nSPS) is 18.1. The molecule has 0 amide bonds. The number of benzene rings is 1. The van der Waals surface area contributed by atoms with Gasteiger partial charge in [0.1, 0.15) is 0 Å². The maximum Gasteiger partial charge on any atom is 0.243 e. The predicted molar refractivity (Wildman–Crippen MR) is 85.8 cm³/mol. The third kappa shape index (κ3) is 3.47. The Labute approximate surface area is 128 Å². The van der Waals surface area contributed by atoms with Crippen LogP contribution in [0.4, 0.5) is 0 Å².